The first-order valence-corrected chi connectivity index (χ1v) is 3.48. The zero-order valence-corrected chi connectivity index (χ0v) is 6.94. The maximum absolute atomic E-state index is 5.50. The summed E-state index contributed by atoms with van der Waals surface area (Å²) < 4.78 is 0. The van der Waals surface area contributed by atoms with Crippen LogP contribution in [0.4, 0.5) is 5.82 Å². The van der Waals surface area contributed by atoms with Crippen molar-refractivity contribution in [1.29, 1.82) is 0 Å². The van der Waals surface area contributed by atoms with E-state index in [0.29, 0.717) is 5.82 Å². The highest BCUT2D eigenvalue weighted by molar-refractivity contribution is 7.80. The number of hydrogen-bond acceptors (Lipinski definition) is 3. The first-order valence-electron chi connectivity index (χ1n) is 3.04. The Morgan fingerprint density at radius 2 is 2.10 bits per heavy atom. The summed E-state index contributed by atoms with van der Waals surface area (Å²) in [4.78, 5) is 4.83. The zero-order valence-electron chi connectivity index (χ0n) is 6.05. The van der Waals surface area contributed by atoms with Crippen molar-refractivity contribution < 1.29 is 0 Å². The first kappa shape index (κ1) is 7.41. The molecule has 0 aliphatic carbocycles. The van der Waals surface area contributed by atoms with Gasteiger partial charge in [-0.1, -0.05) is 0 Å². The van der Waals surface area contributed by atoms with E-state index in [0.717, 1.165) is 16.2 Å². The van der Waals surface area contributed by atoms with Gasteiger partial charge in [-0.15, -0.1) is 12.6 Å². The second-order valence-electron chi connectivity index (χ2n) is 2.30. The zero-order chi connectivity index (χ0) is 7.72. The molecule has 0 unspecified atom stereocenters. The number of pyridine rings is 1. The fourth-order valence-electron chi connectivity index (χ4n) is 0.710. The van der Waals surface area contributed by atoms with Crippen molar-refractivity contribution in [3.8, 4) is 0 Å². The summed E-state index contributed by atoms with van der Waals surface area (Å²) in [6.45, 7) is 3.92. The minimum atomic E-state index is 0.506. The predicted molar refractivity (Wildman–Crippen MR) is 45.4 cm³/mol. The number of anilines is 1. The molecule has 1 aromatic heterocycles. The van der Waals surface area contributed by atoms with E-state index in [4.69, 9.17) is 5.73 Å². The van der Waals surface area contributed by atoms with E-state index >= 15 is 0 Å². The van der Waals surface area contributed by atoms with Crippen LogP contribution in [-0.2, 0) is 0 Å². The van der Waals surface area contributed by atoms with Gasteiger partial charge >= 0.3 is 0 Å². The Morgan fingerprint density at radius 1 is 1.50 bits per heavy atom. The lowest BCUT2D eigenvalue weighted by Gasteiger charge is -2.02. The largest absolute Gasteiger partial charge is 0.383 e. The van der Waals surface area contributed by atoms with Crippen molar-refractivity contribution in [1.82, 2.24) is 4.98 Å². The summed E-state index contributed by atoms with van der Waals surface area (Å²) in [5.74, 6) is 0.506. The van der Waals surface area contributed by atoms with Crippen LogP contribution < -0.4 is 5.73 Å². The van der Waals surface area contributed by atoms with Crippen molar-refractivity contribution in [2.24, 2.45) is 0 Å². The molecule has 3 heteroatoms. The average Bonchev–Trinajstić information content (AvgIpc) is 1.84. The van der Waals surface area contributed by atoms with Crippen molar-refractivity contribution in [2.45, 2.75) is 18.7 Å². The molecule has 0 aromatic carbocycles. The fraction of sp³-hybridized carbons (Fsp3) is 0.286. The summed E-state index contributed by atoms with van der Waals surface area (Å²) in [7, 11) is 0. The molecule has 1 heterocycles. The van der Waals surface area contributed by atoms with Gasteiger partial charge in [0.05, 0.1) is 0 Å². The maximum atomic E-state index is 5.50. The molecule has 10 heavy (non-hydrogen) atoms. The van der Waals surface area contributed by atoms with Crippen LogP contribution in [0, 0.1) is 13.8 Å². The molecule has 0 fully saturated rings. The Balaban J connectivity index is 3.28. The summed E-state index contributed by atoms with van der Waals surface area (Å²) in [6, 6.07) is 1.92. The molecule has 1 rings (SSSR count). The minimum absolute atomic E-state index is 0.506. The second kappa shape index (κ2) is 2.50. The summed E-state index contributed by atoms with van der Waals surface area (Å²) in [5, 5.41) is 0. The Kier molecular flexibility index (Phi) is 1.85. The quantitative estimate of drug-likeness (QED) is 0.557. The molecule has 1 aromatic rings. The van der Waals surface area contributed by atoms with E-state index in [9.17, 15) is 0 Å². The van der Waals surface area contributed by atoms with E-state index in [1.54, 1.807) is 0 Å². The highest BCUT2D eigenvalue weighted by Crippen LogP contribution is 2.16. The van der Waals surface area contributed by atoms with Gasteiger partial charge in [-0.05, 0) is 25.5 Å². The second-order valence-corrected chi connectivity index (χ2v) is 2.78. The molecule has 0 aliphatic rings. The molecule has 54 valence electrons. The van der Waals surface area contributed by atoms with E-state index in [2.05, 4.69) is 17.6 Å². The molecule has 0 aliphatic heterocycles. The lowest BCUT2D eigenvalue weighted by molar-refractivity contribution is 1.12. The minimum Gasteiger partial charge on any atom is -0.383 e. The van der Waals surface area contributed by atoms with Gasteiger partial charge < -0.3 is 5.73 Å². The maximum Gasteiger partial charge on any atom is 0.137 e. The van der Waals surface area contributed by atoms with Crippen molar-refractivity contribution in [3.63, 3.8) is 0 Å². The van der Waals surface area contributed by atoms with Gasteiger partial charge in [-0.25, -0.2) is 4.98 Å². The molecule has 2 nitrogen and oxygen atoms in total. The van der Waals surface area contributed by atoms with E-state index in [1.807, 2.05) is 19.9 Å². The summed E-state index contributed by atoms with van der Waals surface area (Å²) in [6.07, 6.45) is 0. The third kappa shape index (κ3) is 1.24. The fourth-order valence-corrected chi connectivity index (χ4v) is 0.953. The van der Waals surface area contributed by atoms with Gasteiger partial charge in [0.2, 0.25) is 0 Å². The topological polar surface area (TPSA) is 38.9 Å². The van der Waals surface area contributed by atoms with Crippen LogP contribution in [-0.4, -0.2) is 4.98 Å². The van der Waals surface area contributed by atoms with Crippen LogP contribution in [0.2, 0.25) is 0 Å². The van der Waals surface area contributed by atoms with E-state index in [-0.39, 0.29) is 0 Å². The summed E-state index contributed by atoms with van der Waals surface area (Å²) in [5.41, 5.74) is 7.59. The van der Waals surface area contributed by atoms with Gasteiger partial charge in [0.15, 0.2) is 0 Å². The molecule has 0 bridgehead atoms. The SMILES string of the molecule is Cc1cc(S)c(N)nc1C. The van der Waals surface area contributed by atoms with Crippen molar-refractivity contribution in [3.05, 3.63) is 17.3 Å². The van der Waals surface area contributed by atoms with Crippen molar-refractivity contribution >= 4 is 18.4 Å². The number of hydrogen-bond donors (Lipinski definition) is 2. The third-order valence-electron chi connectivity index (χ3n) is 1.47. The Morgan fingerprint density at radius 3 is 2.60 bits per heavy atom. The molecule has 0 saturated heterocycles. The smallest absolute Gasteiger partial charge is 0.137 e. The number of nitrogens with zero attached hydrogens (tertiary/aromatic N) is 1. The highest BCUT2D eigenvalue weighted by Gasteiger charge is 1.98. The number of rotatable bonds is 0. The van der Waals surface area contributed by atoms with Crippen LogP contribution >= 0.6 is 12.6 Å². The van der Waals surface area contributed by atoms with Crippen LogP contribution in [0.3, 0.4) is 0 Å². The lowest BCUT2D eigenvalue weighted by atomic mass is 10.2. The Bertz CT molecular complexity index is 208. The molecule has 0 amide bonds. The van der Waals surface area contributed by atoms with E-state index < -0.39 is 0 Å². The van der Waals surface area contributed by atoms with Gasteiger partial charge in [-0.2, -0.15) is 0 Å². The number of thiol groups is 1. The van der Waals surface area contributed by atoms with Crippen LogP contribution in [0.15, 0.2) is 11.0 Å². The molecule has 0 spiro atoms. The molecular formula is C7H10N2S. The van der Waals surface area contributed by atoms with Gasteiger partial charge in [0.1, 0.15) is 5.82 Å². The van der Waals surface area contributed by atoms with Crippen LogP contribution in [0.5, 0.6) is 0 Å². The molecule has 0 radical (unpaired) electrons. The Labute approximate surface area is 65.9 Å². The normalized spacial score (nSPS) is 9.90. The molecule has 0 atom stereocenters. The third-order valence-corrected chi connectivity index (χ3v) is 1.83. The van der Waals surface area contributed by atoms with E-state index in [1.165, 1.54) is 0 Å². The number of nitrogens with two attached hydrogens (primary N) is 1. The van der Waals surface area contributed by atoms with Gasteiger partial charge in [0.25, 0.3) is 0 Å². The average molecular weight is 154 g/mol. The van der Waals surface area contributed by atoms with Crippen LogP contribution in [0.25, 0.3) is 0 Å². The van der Waals surface area contributed by atoms with Gasteiger partial charge in [-0.3, -0.25) is 0 Å². The summed E-state index contributed by atoms with van der Waals surface area (Å²) >= 11 is 4.13. The number of aromatic nitrogens is 1. The molecule has 2 N–H and O–H groups in total. The monoisotopic (exact) mass is 154 g/mol. The van der Waals surface area contributed by atoms with Crippen molar-refractivity contribution in [2.75, 3.05) is 5.73 Å². The number of nitrogen functional groups attached to an aromatic ring is 1. The Hall–Kier alpha value is -0.700. The standard InChI is InChI=1S/C7H10N2S/c1-4-3-6(10)7(8)9-5(4)2/h3,10H,1-2H3,(H2,8,9). The highest BCUT2D eigenvalue weighted by atomic mass is 32.1. The molecular weight excluding hydrogens is 144 g/mol. The predicted octanol–water partition coefficient (Wildman–Crippen LogP) is 1.57. The van der Waals surface area contributed by atoms with Crippen LogP contribution in [0.1, 0.15) is 11.3 Å². The number of aryl methyl sites for hydroxylation is 2. The first-order chi connectivity index (χ1) is 4.61. The molecule has 0 saturated carbocycles. The lowest BCUT2D eigenvalue weighted by Crippen LogP contribution is -1.95. The van der Waals surface area contributed by atoms with Gasteiger partial charge in [0, 0.05) is 10.6 Å².